The smallest absolute Gasteiger partial charge is 0.238 e. The monoisotopic (exact) mass is 361 g/mol. The minimum absolute atomic E-state index is 0.0206. The van der Waals surface area contributed by atoms with Gasteiger partial charge in [0, 0.05) is 45.0 Å². The highest BCUT2D eigenvalue weighted by molar-refractivity contribution is 6.08. The second-order valence-electron chi connectivity index (χ2n) is 7.24. The zero-order valence-corrected chi connectivity index (χ0v) is 14.8. The summed E-state index contributed by atoms with van der Waals surface area (Å²) in [6.07, 6.45) is 1.31. The number of amides is 2. The molecular formula is C19H24FN3O3. The molecule has 0 spiro atoms. The summed E-state index contributed by atoms with van der Waals surface area (Å²) in [7, 11) is 0. The Bertz CT molecular complexity index is 676. The van der Waals surface area contributed by atoms with Gasteiger partial charge in [-0.25, -0.2) is 4.39 Å². The number of anilines is 1. The molecule has 7 heteroatoms. The number of rotatable bonds is 3. The molecule has 2 saturated heterocycles. The van der Waals surface area contributed by atoms with Crippen LogP contribution in [-0.4, -0.2) is 74.1 Å². The van der Waals surface area contributed by atoms with Gasteiger partial charge in [0.2, 0.25) is 11.8 Å². The van der Waals surface area contributed by atoms with Gasteiger partial charge in [-0.15, -0.1) is 0 Å². The summed E-state index contributed by atoms with van der Waals surface area (Å²) in [5.41, 5.74) is 0.138. The summed E-state index contributed by atoms with van der Waals surface area (Å²) in [5.74, 6) is -0.292. The van der Waals surface area contributed by atoms with E-state index in [0.717, 1.165) is 5.69 Å². The van der Waals surface area contributed by atoms with E-state index < -0.39 is 5.41 Å². The fraction of sp³-hybridized carbons (Fsp3) is 0.579. The second kappa shape index (κ2) is 6.87. The van der Waals surface area contributed by atoms with Crippen LogP contribution in [0.1, 0.15) is 12.8 Å². The highest BCUT2D eigenvalue weighted by atomic mass is 19.1. The summed E-state index contributed by atoms with van der Waals surface area (Å²) in [6.45, 7) is 4.82. The molecule has 3 fully saturated rings. The molecule has 0 bridgehead atoms. The molecule has 0 N–H and O–H groups in total. The third kappa shape index (κ3) is 3.16. The molecule has 0 radical (unpaired) electrons. The van der Waals surface area contributed by atoms with Crippen LogP contribution in [0.4, 0.5) is 10.1 Å². The predicted molar refractivity (Wildman–Crippen MR) is 94.3 cm³/mol. The van der Waals surface area contributed by atoms with Crippen LogP contribution in [0, 0.1) is 11.2 Å². The number of carbonyl (C=O) groups is 2. The Hall–Kier alpha value is -2.15. The number of hydrogen-bond donors (Lipinski definition) is 0. The Balaban J connectivity index is 1.37. The van der Waals surface area contributed by atoms with E-state index in [1.165, 1.54) is 12.1 Å². The zero-order chi connectivity index (χ0) is 18.1. The van der Waals surface area contributed by atoms with E-state index >= 15 is 0 Å². The topological polar surface area (TPSA) is 53.1 Å². The normalized spacial score (nSPS) is 22.3. The van der Waals surface area contributed by atoms with Gasteiger partial charge < -0.3 is 19.4 Å². The first-order chi connectivity index (χ1) is 12.6. The first kappa shape index (κ1) is 17.3. The van der Waals surface area contributed by atoms with E-state index in [1.54, 1.807) is 17.0 Å². The van der Waals surface area contributed by atoms with E-state index in [-0.39, 0.29) is 17.6 Å². The number of nitrogens with zero attached hydrogens (tertiary/aromatic N) is 3. The molecule has 1 aromatic rings. The maximum Gasteiger partial charge on any atom is 0.238 e. The lowest BCUT2D eigenvalue weighted by molar-refractivity contribution is -0.152. The van der Waals surface area contributed by atoms with E-state index in [4.69, 9.17) is 4.74 Å². The van der Waals surface area contributed by atoms with Crippen molar-refractivity contribution in [3.8, 4) is 0 Å². The van der Waals surface area contributed by atoms with Gasteiger partial charge >= 0.3 is 0 Å². The molecule has 0 atom stereocenters. The quantitative estimate of drug-likeness (QED) is 0.757. The fourth-order valence-electron chi connectivity index (χ4n) is 3.84. The Morgan fingerprint density at radius 2 is 1.38 bits per heavy atom. The fourth-order valence-corrected chi connectivity index (χ4v) is 3.84. The van der Waals surface area contributed by atoms with E-state index in [1.807, 2.05) is 4.90 Å². The average Bonchev–Trinajstić information content (AvgIpc) is 3.50. The highest BCUT2D eigenvalue weighted by Gasteiger charge is 2.59. The van der Waals surface area contributed by atoms with Crippen LogP contribution >= 0.6 is 0 Å². The van der Waals surface area contributed by atoms with Crippen molar-refractivity contribution in [2.24, 2.45) is 5.41 Å². The lowest BCUT2D eigenvalue weighted by atomic mass is 10.0. The van der Waals surface area contributed by atoms with Gasteiger partial charge in [0.05, 0.1) is 13.2 Å². The molecule has 0 aromatic heterocycles. The maximum atomic E-state index is 13.1. The van der Waals surface area contributed by atoms with Gasteiger partial charge in [-0.2, -0.15) is 0 Å². The van der Waals surface area contributed by atoms with Gasteiger partial charge in [-0.1, -0.05) is 0 Å². The van der Waals surface area contributed by atoms with Crippen molar-refractivity contribution in [2.75, 3.05) is 57.4 Å². The van der Waals surface area contributed by atoms with E-state index in [2.05, 4.69) is 4.90 Å². The second-order valence-corrected chi connectivity index (χ2v) is 7.24. The predicted octanol–water partition coefficient (Wildman–Crippen LogP) is 1.11. The first-order valence-electron chi connectivity index (χ1n) is 9.27. The van der Waals surface area contributed by atoms with Crippen molar-refractivity contribution in [1.29, 1.82) is 0 Å². The number of hydrogen-bond acceptors (Lipinski definition) is 4. The van der Waals surface area contributed by atoms with Crippen molar-refractivity contribution in [3.05, 3.63) is 30.1 Å². The van der Waals surface area contributed by atoms with Gasteiger partial charge in [-0.05, 0) is 37.1 Å². The van der Waals surface area contributed by atoms with Crippen molar-refractivity contribution >= 4 is 17.5 Å². The van der Waals surface area contributed by atoms with Crippen molar-refractivity contribution in [2.45, 2.75) is 12.8 Å². The Morgan fingerprint density at radius 3 is 1.92 bits per heavy atom. The summed E-state index contributed by atoms with van der Waals surface area (Å²) in [5, 5.41) is 0. The van der Waals surface area contributed by atoms with Crippen molar-refractivity contribution < 1.29 is 18.7 Å². The molecule has 140 valence electrons. The highest BCUT2D eigenvalue weighted by Crippen LogP contribution is 2.49. The maximum absolute atomic E-state index is 13.1. The van der Waals surface area contributed by atoms with Crippen LogP contribution in [0.3, 0.4) is 0 Å². The Kier molecular flexibility index (Phi) is 4.56. The number of ether oxygens (including phenoxy) is 1. The molecule has 0 unspecified atom stereocenters. The third-order valence-electron chi connectivity index (χ3n) is 5.63. The Labute approximate surface area is 152 Å². The molecule has 2 aliphatic heterocycles. The lowest BCUT2D eigenvalue weighted by Gasteiger charge is -2.38. The zero-order valence-electron chi connectivity index (χ0n) is 14.8. The lowest BCUT2D eigenvalue weighted by Crippen LogP contribution is -2.54. The number of halogens is 1. The van der Waals surface area contributed by atoms with Crippen molar-refractivity contribution in [1.82, 2.24) is 9.80 Å². The molecule has 6 nitrogen and oxygen atoms in total. The molecular weight excluding hydrogens is 337 g/mol. The summed E-state index contributed by atoms with van der Waals surface area (Å²) in [6, 6.07) is 6.43. The molecule has 1 aromatic carbocycles. The van der Waals surface area contributed by atoms with E-state index in [0.29, 0.717) is 65.3 Å². The van der Waals surface area contributed by atoms with Gasteiger partial charge in [0.15, 0.2) is 0 Å². The van der Waals surface area contributed by atoms with Crippen LogP contribution in [0.25, 0.3) is 0 Å². The van der Waals surface area contributed by atoms with Crippen LogP contribution in [0.2, 0.25) is 0 Å². The van der Waals surface area contributed by atoms with Crippen LogP contribution in [0.15, 0.2) is 24.3 Å². The van der Waals surface area contributed by atoms with Gasteiger partial charge in [-0.3, -0.25) is 9.59 Å². The largest absolute Gasteiger partial charge is 0.378 e. The molecule has 4 rings (SSSR count). The minimum atomic E-state index is -0.824. The number of piperazine rings is 1. The molecule has 3 aliphatic rings. The average molecular weight is 361 g/mol. The van der Waals surface area contributed by atoms with Gasteiger partial charge in [0.1, 0.15) is 11.2 Å². The summed E-state index contributed by atoms with van der Waals surface area (Å²) < 4.78 is 18.4. The SMILES string of the molecule is O=C(N1CCOCC1)C1(C(=O)N2CCN(c3ccc(F)cc3)CC2)CC1. The van der Waals surface area contributed by atoms with Crippen LogP contribution in [0.5, 0.6) is 0 Å². The van der Waals surface area contributed by atoms with E-state index in [9.17, 15) is 14.0 Å². The standard InChI is InChI=1S/C19H24FN3O3/c20-15-1-3-16(4-2-15)21-7-9-22(10-8-21)17(24)19(5-6-19)18(25)23-11-13-26-14-12-23/h1-4H,5-14H2. The first-order valence-corrected chi connectivity index (χ1v) is 9.27. The molecule has 1 saturated carbocycles. The van der Waals surface area contributed by atoms with Crippen LogP contribution in [-0.2, 0) is 14.3 Å². The third-order valence-corrected chi connectivity index (χ3v) is 5.63. The van der Waals surface area contributed by atoms with Gasteiger partial charge in [0.25, 0.3) is 0 Å². The number of morpholine rings is 1. The molecule has 26 heavy (non-hydrogen) atoms. The molecule has 2 amide bonds. The summed E-state index contributed by atoms with van der Waals surface area (Å²) in [4.78, 5) is 31.6. The number of benzene rings is 1. The molecule has 1 aliphatic carbocycles. The Morgan fingerprint density at radius 1 is 0.846 bits per heavy atom. The van der Waals surface area contributed by atoms with Crippen molar-refractivity contribution in [3.63, 3.8) is 0 Å². The number of carbonyl (C=O) groups excluding carboxylic acids is 2. The summed E-state index contributed by atoms with van der Waals surface area (Å²) >= 11 is 0. The molecule has 2 heterocycles. The minimum Gasteiger partial charge on any atom is -0.378 e. The van der Waals surface area contributed by atoms with Crippen LogP contribution < -0.4 is 4.90 Å².